The van der Waals surface area contributed by atoms with E-state index in [1.165, 1.54) is 0 Å². The SMILES string of the molecule is CC1N=C(c2ccccc2O)SC1C. The van der Waals surface area contributed by atoms with E-state index in [1.54, 1.807) is 17.8 Å². The van der Waals surface area contributed by atoms with Crippen LogP contribution in [0.15, 0.2) is 29.3 Å². The van der Waals surface area contributed by atoms with E-state index < -0.39 is 0 Å². The molecule has 0 saturated carbocycles. The summed E-state index contributed by atoms with van der Waals surface area (Å²) in [7, 11) is 0. The fraction of sp³-hybridized carbons (Fsp3) is 0.364. The van der Waals surface area contributed by atoms with Crippen molar-refractivity contribution >= 4 is 16.8 Å². The summed E-state index contributed by atoms with van der Waals surface area (Å²) in [5.74, 6) is 0.319. The molecule has 1 heterocycles. The second-order valence-electron chi connectivity index (χ2n) is 3.51. The highest BCUT2D eigenvalue weighted by Gasteiger charge is 2.24. The quantitative estimate of drug-likeness (QED) is 0.768. The predicted octanol–water partition coefficient (Wildman–Crippen LogP) is 2.66. The van der Waals surface area contributed by atoms with Crippen molar-refractivity contribution in [2.45, 2.75) is 25.1 Å². The molecule has 0 aromatic heterocycles. The van der Waals surface area contributed by atoms with Crippen LogP contribution in [0.4, 0.5) is 0 Å². The van der Waals surface area contributed by atoms with Gasteiger partial charge in [0.1, 0.15) is 10.8 Å². The van der Waals surface area contributed by atoms with Gasteiger partial charge in [-0.2, -0.15) is 0 Å². The maximum absolute atomic E-state index is 9.65. The Morgan fingerprint density at radius 3 is 2.57 bits per heavy atom. The van der Waals surface area contributed by atoms with E-state index in [0.717, 1.165) is 10.6 Å². The summed E-state index contributed by atoms with van der Waals surface area (Å²) in [6, 6.07) is 7.70. The van der Waals surface area contributed by atoms with Gasteiger partial charge in [-0.15, -0.1) is 11.8 Å². The molecule has 2 unspecified atom stereocenters. The van der Waals surface area contributed by atoms with Crippen molar-refractivity contribution in [2.75, 3.05) is 0 Å². The Hall–Kier alpha value is -0.960. The highest BCUT2D eigenvalue weighted by atomic mass is 32.2. The summed E-state index contributed by atoms with van der Waals surface area (Å²) < 4.78 is 0. The third-order valence-corrected chi connectivity index (χ3v) is 3.75. The zero-order valence-corrected chi connectivity index (χ0v) is 9.08. The Balaban J connectivity index is 2.34. The minimum atomic E-state index is 0.319. The van der Waals surface area contributed by atoms with E-state index in [1.807, 2.05) is 18.2 Å². The molecule has 2 atom stereocenters. The number of para-hydroxylation sites is 1. The highest BCUT2D eigenvalue weighted by Crippen LogP contribution is 2.32. The summed E-state index contributed by atoms with van der Waals surface area (Å²) >= 11 is 1.73. The molecule has 0 saturated heterocycles. The molecule has 1 aromatic rings. The standard InChI is InChI=1S/C11H13NOS/c1-7-8(2)14-11(12-7)9-5-3-4-6-10(9)13/h3-8,13H,1-2H3. The number of hydrogen-bond acceptors (Lipinski definition) is 3. The first kappa shape index (κ1) is 9.59. The lowest BCUT2D eigenvalue weighted by atomic mass is 10.2. The van der Waals surface area contributed by atoms with Gasteiger partial charge in [0.2, 0.25) is 0 Å². The molecule has 3 heteroatoms. The molecular formula is C11H13NOS. The largest absolute Gasteiger partial charge is 0.507 e. The van der Waals surface area contributed by atoms with E-state index in [2.05, 4.69) is 18.8 Å². The Labute approximate surface area is 88.1 Å². The zero-order chi connectivity index (χ0) is 10.1. The molecule has 0 aliphatic carbocycles. The summed E-state index contributed by atoms with van der Waals surface area (Å²) in [6.45, 7) is 4.26. The van der Waals surface area contributed by atoms with Crippen molar-refractivity contribution < 1.29 is 5.11 Å². The van der Waals surface area contributed by atoms with Crippen LogP contribution in [0.3, 0.4) is 0 Å². The first-order chi connectivity index (χ1) is 6.68. The Morgan fingerprint density at radius 2 is 2.00 bits per heavy atom. The van der Waals surface area contributed by atoms with Crippen molar-refractivity contribution in [3.05, 3.63) is 29.8 Å². The third-order valence-electron chi connectivity index (χ3n) is 2.43. The lowest BCUT2D eigenvalue weighted by molar-refractivity contribution is 0.474. The zero-order valence-electron chi connectivity index (χ0n) is 8.27. The second kappa shape index (κ2) is 3.65. The number of phenolic OH excluding ortho intramolecular Hbond substituents is 1. The van der Waals surface area contributed by atoms with Crippen LogP contribution in [-0.4, -0.2) is 21.4 Å². The van der Waals surface area contributed by atoms with Crippen LogP contribution < -0.4 is 0 Å². The summed E-state index contributed by atoms with van der Waals surface area (Å²) in [5, 5.41) is 11.1. The lowest BCUT2D eigenvalue weighted by Gasteiger charge is -2.04. The fourth-order valence-corrected chi connectivity index (χ4v) is 2.52. The number of nitrogens with zero attached hydrogens (tertiary/aromatic N) is 1. The molecule has 1 aliphatic heterocycles. The van der Waals surface area contributed by atoms with E-state index in [4.69, 9.17) is 0 Å². The predicted molar refractivity (Wildman–Crippen MR) is 61.2 cm³/mol. The van der Waals surface area contributed by atoms with Gasteiger partial charge in [0.25, 0.3) is 0 Å². The highest BCUT2D eigenvalue weighted by molar-refractivity contribution is 8.15. The molecule has 74 valence electrons. The van der Waals surface area contributed by atoms with Gasteiger partial charge in [-0.25, -0.2) is 0 Å². The van der Waals surface area contributed by atoms with E-state index in [0.29, 0.717) is 17.0 Å². The number of benzene rings is 1. The number of rotatable bonds is 1. The topological polar surface area (TPSA) is 32.6 Å². The number of thioether (sulfide) groups is 1. The smallest absolute Gasteiger partial charge is 0.125 e. The van der Waals surface area contributed by atoms with Crippen LogP contribution in [0.5, 0.6) is 5.75 Å². The van der Waals surface area contributed by atoms with Crippen molar-refractivity contribution in [3.63, 3.8) is 0 Å². The van der Waals surface area contributed by atoms with Gasteiger partial charge in [0.05, 0.1) is 6.04 Å². The van der Waals surface area contributed by atoms with Crippen LogP contribution in [0.25, 0.3) is 0 Å². The van der Waals surface area contributed by atoms with Gasteiger partial charge in [0, 0.05) is 10.8 Å². The van der Waals surface area contributed by atoms with E-state index in [-0.39, 0.29) is 0 Å². The van der Waals surface area contributed by atoms with Crippen LogP contribution in [0, 0.1) is 0 Å². The molecule has 0 amide bonds. The Kier molecular flexibility index (Phi) is 2.50. The monoisotopic (exact) mass is 207 g/mol. The normalized spacial score (nSPS) is 26.3. The molecule has 1 aromatic carbocycles. The summed E-state index contributed by atoms with van der Waals surface area (Å²) in [5.41, 5.74) is 0.855. The molecule has 14 heavy (non-hydrogen) atoms. The van der Waals surface area contributed by atoms with Crippen molar-refractivity contribution in [2.24, 2.45) is 4.99 Å². The molecule has 0 bridgehead atoms. The lowest BCUT2D eigenvalue weighted by Crippen LogP contribution is -2.07. The van der Waals surface area contributed by atoms with Gasteiger partial charge in [0.15, 0.2) is 0 Å². The molecule has 2 rings (SSSR count). The first-order valence-electron chi connectivity index (χ1n) is 4.71. The Morgan fingerprint density at radius 1 is 1.29 bits per heavy atom. The number of hydrogen-bond donors (Lipinski definition) is 1. The Bertz CT molecular complexity index is 375. The molecule has 1 N–H and O–H groups in total. The minimum Gasteiger partial charge on any atom is -0.507 e. The molecule has 1 aliphatic rings. The minimum absolute atomic E-state index is 0.319. The number of aromatic hydroxyl groups is 1. The van der Waals surface area contributed by atoms with Gasteiger partial charge in [-0.3, -0.25) is 4.99 Å². The maximum atomic E-state index is 9.65. The van der Waals surface area contributed by atoms with Gasteiger partial charge in [-0.1, -0.05) is 19.1 Å². The number of aliphatic imine (C=N–C) groups is 1. The van der Waals surface area contributed by atoms with Gasteiger partial charge in [-0.05, 0) is 19.1 Å². The van der Waals surface area contributed by atoms with Crippen molar-refractivity contribution in [3.8, 4) is 5.75 Å². The average Bonchev–Trinajstić information content (AvgIpc) is 2.48. The summed E-state index contributed by atoms with van der Waals surface area (Å²) in [4.78, 5) is 4.52. The third kappa shape index (κ3) is 1.64. The first-order valence-corrected chi connectivity index (χ1v) is 5.59. The molecule has 2 nitrogen and oxygen atoms in total. The fourth-order valence-electron chi connectivity index (χ4n) is 1.38. The molecule has 0 spiro atoms. The average molecular weight is 207 g/mol. The van der Waals surface area contributed by atoms with Crippen LogP contribution in [0.1, 0.15) is 19.4 Å². The van der Waals surface area contributed by atoms with Crippen molar-refractivity contribution in [1.29, 1.82) is 0 Å². The maximum Gasteiger partial charge on any atom is 0.125 e. The molecule has 0 fully saturated rings. The van der Waals surface area contributed by atoms with Crippen LogP contribution >= 0.6 is 11.8 Å². The van der Waals surface area contributed by atoms with E-state index in [9.17, 15) is 5.11 Å². The molecular weight excluding hydrogens is 194 g/mol. The van der Waals surface area contributed by atoms with E-state index >= 15 is 0 Å². The van der Waals surface area contributed by atoms with Crippen LogP contribution in [-0.2, 0) is 0 Å². The van der Waals surface area contributed by atoms with Gasteiger partial charge < -0.3 is 5.11 Å². The molecule has 0 radical (unpaired) electrons. The van der Waals surface area contributed by atoms with Gasteiger partial charge >= 0.3 is 0 Å². The van der Waals surface area contributed by atoms with Crippen LogP contribution in [0.2, 0.25) is 0 Å². The number of phenols is 1. The van der Waals surface area contributed by atoms with Crippen molar-refractivity contribution in [1.82, 2.24) is 0 Å². The summed E-state index contributed by atoms with van der Waals surface area (Å²) in [6.07, 6.45) is 0. The second-order valence-corrected chi connectivity index (χ2v) is 4.88.